The average Bonchev–Trinajstić information content (AvgIpc) is 3.43. The lowest BCUT2D eigenvalue weighted by Crippen LogP contribution is -1.96. The van der Waals surface area contributed by atoms with Crippen LogP contribution in [0.5, 0.6) is 17.2 Å². The summed E-state index contributed by atoms with van der Waals surface area (Å²) < 4.78 is 40.0. The van der Waals surface area contributed by atoms with Crippen molar-refractivity contribution < 1.29 is 27.5 Å². The Morgan fingerprint density at radius 2 is 1.57 bits per heavy atom. The Bertz CT molecular complexity index is 1130. The van der Waals surface area contributed by atoms with Gasteiger partial charge in [-0.05, 0) is 36.4 Å². The van der Waals surface area contributed by atoms with Gasteiger partial charge in [-0.1, -0.05) is 5.16 Å². The zero-order valence-electron chi connectivity index (χ0n) is 16.4. The minimum Gasteiger partial charge on any atom is -0.493 e. The summed E-state index contributed by atoms with van der Waals surface area (Å²) in [6.07, 6.45) is 0.144. The van der Waals surface area contributed by atoms with Crippen molar-refractivity contribution in [3.63, 3.8) is 0 Å². The number of hydrogen-bond acceptors (Lipinski definition) is 9. The van der Waals surface area contributed by atoms with Gasteiger partial charge in [0, 0.05) is 11.1 Å². The third-order valence-electron chi connectivity index (χ3n) is 4.25. The molecular formula is C20H17FN4O5. The van der Waals surface area contributed by atoms with Crippen molar-refractivity contribution in [2.24, 2.45) is 0 Å². The maximum atomic E-state index is 13.1. The largest absolute Gasteiger partial charge is 0.493 e. The molecule has 0 amide bonds. The molecule has 0 aliphatic rings. The van der Waals surface area contributed by atoms with Gasteiger partial charge in [0.25, 0.3) is 0 Å². The van der Waals surface area contributed by atoms with E-state index in [9.17, 15) is 4.39 Å². The van der Waals surface area contributed by atoms with E-state index in [1.807, 2.05) is 0 Å². The van der Waals surface area contributed by atoms with Crippen molar-refractivity contribution in [1.29, 1.82) is 0 Å². The van der Waals surface area contributed by atoms with E-state index >= 15 is 0 Å². The second-order valence-corrected chi connectivity index (χ2v) is 6.11. The highest BCUT2D eigenvalue weighted by molar-refractivity contribution is 5.66. The van der Waals surface area contributed by atoms with Gasteiger partial charge in [0.1, 0.15) is 12.2 Å². The normalized spacial score (nSPS) is 10.8. The minimum absolute atomic E-state index is 0.144. The summed E-state index contributed by atoms with van der Waals surface area (Å²) in [6.45, 7) is 0. The fraction of sp³-hybridized carbons (Fsp3) is 0.200. The van der Waals surface area contributed by atoms with E-state index < -0.39 is 0 Å². The van der Waals surface area contributed by atoms with Crippen LogP contribution >= 0.6 is 0 Å². The Kier molecular flexibility index (Phi) is 5.29. The molecule has 0 fully saturated rings. The van der Waals surface area contributed by atoms with Crippen LogP contribution in [0.1, 0.15) is 11.8 Å². The molecule has 0 atom stereocenters. The van der Waals surface area contributed by atoms with Crippen molar-refractivity contribution >= 4 is 0 Å². The predicted octanol–water partition coefficient (Wildman–Crippen LogP) is 3.54. The van der Waals surface area contributed by atoms with E-state index in [1.165, 1.54) is 33.5 Å². The summed E-state index contributed by atoms with van der Waals surface area (Å²) in [4.78, 5) is 4.37. The highest BCUT2D eigenvalue weighted by Crippen LogP contribution is 2.40. The first-order chi connectivity index (χ1) is 14.6. The van der Waals surface area contributed by atoms with Gasteiger partial charge < -0.3 is 23.2 Å². The highest BCUT2D eigenvalue weighted by atomic mass is 19.1. The molecule has 2 heterocycles. The summed E-state index contributed by atoms with van der Waals surface area (Å²) in [5.74, 6) is 2.24. The number of hydrogen-bond donors (Lipinski definition) is 0. The smallest absolute Gasteiger partial charge is 0.247 e. The average molecular weight is 412 g/mol. The lowest BCUT2D eigenvalue weighted by molar-refractivity contribution is 0.324. The van der Waals surface area contributed by atoms with E-state index in [0.717, 1.165) is 0 Å². The monoisotopic (exact) mass is 412 g/mol. The van der Waals surface area contributed by atoms with Gasteiger partial charge in [0.15, 0.2) is 11.5 Å². The first kappa shape index (κ1) is 19.4. The van der Waals surface area contributed by atoms with Gasteiger partial charge in [-0.3, -0.25) is 0 Å². The maximum Gasteiger partial charge on any atom is 0.247 e. The second kappa shape index (κ2) is 8.19. The summed E-state index contributed by atoms with van der Waals surface area (Å²) in [7, 11) is 4.57. The first-order valence-electron chi connectivity index (χ1n) is 8.82. The van der Waals surface area contributed by atoms with Gasteiger partial charge in [0.2, 0.25) is 29.2 Å². The Hall–Kier alpha value is -3.95. The van der Waals surface area contributed by atoms with Crippen LogP contribution < -0.4 is 14.2 Å². The molecule has 10 heteroatoms. The minimum atomic E-state index is -0.344. The van der Waals surface area contributed by atoms with E-state index in [0.29, 0.717) is 34.2 Å². The molecule has 4 rings (SSSR count). The zero-order chi connectivity index (χ0) is 21.1. The van der Waals surface area contributed by atoms with Gasteiger partial charge >= 0.3 is 0 Å². The number of halogens is 1. The van der Waals surface area contributed by atoms with Crippen LogP contribution in [0.4, 0.5) is 4.39 Å². The van der Waals surface area contributed by atoms with Crippen molar-refractivity contribution in [2.75, 3.05) is 21.3 Å². The standard InChI is InChI=1S/C20H17FN4O5/c1-26-14-8-12(9-15(27-2)18(14)28-3)19-22-16(30-25-19)10-17-23-24-20(29-17)11-4-6-13(21)7-5-11/h4-9H,10H2,1-3H3. The molecular weight excluding hydrogens is 395 g/mol. The molecule has 0 spiro atoms. The molecule has 2 aromatic heterocycles. The fourth-order valence-corrected chi connectivity index (χ4v) is 2.82. The molecule has 0 aliphatic carbocycles. The molecule has 4 aromatic rings. The lowest BCUT2D eigenvalue weighted by Gasteiger charge is -2.12. The number of rotatable bonds is 7. The summed E-state index contributed by atoms with van der Waals surface area (Å²) in [5.41, 5.74) is 1.23. The van der Waals surface area contributed by atoms with Crippen LogP contribution in [-0.4, -0.2) is 41.7 Å². The highest BCUT2D eigenvalue weighted by Gasteiger charge is 2.19. The molecule has 0 radical (unpaired) electrons. The Labute approximate surface area is 170 Å². The molecule has 9 nitrogen and oxygen atoms in total. The van der Waals surface area contributed by atoms with E-state index in [-0.39, 0.29) is 29.9 Å². The van der Waals surface area contributed by atoms with Crippen LogP contribution in [0.15, 0.2) is 45.3 Å². The van der Waals surface area contributed by atoms with Crippen LogP contribution in [0, 0.1) is 5.82 Å². The predicted molar refractivity (Wildman–Crippen MR) is 102 cm³/mol. The van der Waals surface area contributed by atoms with Crippen LogP contribution in [0.3, 0.4) is 0 Å². The Balaban J connectivity index is 1.56. The Morgan fingerprint density at radius 3 is 2.20 bits per heavy atom. The number of ether oxygens (including phenoxy) is 3. The molecule has 154 valence electrons. The molecule has 0 unspecified atom stereocenters. The molecule has 30 heavy (non-hydrogen) atoms. The molecule has 2 aromatic carbocycles. The van der Waals surface area contributed by atoms with Gasteiger partial charge in [-0.15, -0.1) is 10.2 Å². The number of nitrogens with zero attached hydrogens (tertiary/aromatic N) is 4. The van der Waals surface area contributed by atoms with Crippen LogP contribution in [0.2, 0.25) is 0 Å². The first-order valence-corrected chi connectivity index (χ1v) is 8.82. The third-order valence-corrected chi connectivity index (χ3v) is 4.25. The third kappa shape index (κ3) is 3.79. The van der Waals surface area contributed by atoms with Crippen molar-refractivity contribution in [3.05, 3.63) is 54.0 Å². The van der Waals surface area contributed by atoms with Crippen LogP contribution in [0.25, 0.3) is 22.8 Å². The van der Waals surface area contributed by atoms with E-state index in [1.54, 1.807) is 24.3 Å². The molecule has 0 aliphatic heterocycles. The van der Waals surface area contributed by atoms with E-state index in [2.05, 4.69) is 20.3 Å². The number of aromatic nitrogens is 4. The number of benzene rings is 2. The van der Waals surface area contributed by atoms with E-state index in [4.69, 9.17) is 23.2 Å². The summed E-state index contributed by atoms with van der Waals surface area (Å²) in [6, 6.07) is 9.19. The fourth-order valence-electron chi connectivity index (χ4n) is 2.82. The summed E-state index contributed by atoms with van der Waals surface area (Å²) in [5, 5.41) is 11.9. The SMILES string of the molecule is COc1cc(-c2noc(Cc3nnc(-c4ccc(F)cc4)o3)n2)cc(OC)c1OC. The van der Waals surface area contributed by atoms with Gasteiger partial charge in [-0.25, -0.2) is 4.39 Å². The molecule has 0 N–H and O–H groups in total. The van der Waals surface area contributed by atoms with Crippen molar-refractivity contribution in [3.8, 4) is 40.1 Å². The van der Waals surface area contributed by atoms with Gasteiger partial charge in [0.05, 0.1) is 21.3 Å². The Morgan fingerprint density at radius 1 is 0.867 bits per heavy atom. The summed E-state index contributed by atoms with van der Waals surface area (Å²) >= 11 is 0. The quantitative estimate of drug-likeness (QED) is 0.450. The molecule has 0 saturated heterocycles. The van der Waals surface area contributed by atoms with Gasteiger partial charge in [-0.2, -0.15) is 4.98 Å². The number of methoxy groups -OCH3 is 3. The topological polar surface area (TPSA) is 106 Å². The van der Waals surface area contributed by atoms with Crippen molar-refractivity contribution in [1.82, 2.24) is 20.3 Å². The zero-order valence-corrected chi connectivity index (χ0v) is 16.4. The van der Waals surface area contributed by atoms with Crippen LogP contribution in [-0.2, 0) is 6.42 Å². The lowest BCUT2D eigenvalue weighted by atomic mass is 10.1. The molecule has 0 saturated carbocycles. The second-order valence-electron chi connectivity index (χ2n) is 6.11. The van der Waals surface area contributed by atoms with Crippen molar-refractivity contribution in [2.45, 2.75) is 6.42 Å². The molecule has 0 bridgehead atoms. The maximum absolute atomic E-state index is 13.1.